The van der Waals surface area contributed by atoms with Crippen LogP contribution in [-0.4, -0.2) is 75.1 Å². The molecule has 0 amide bonds. The molecular formula is C17H23N3O4S. The topological polar surface area (TPSA) is 63.3 Å². The number of ether oxygens (including phenoxy) is 3. The van der Waals surface area contributed by atoms with E-state index in [1.807, 2.05) is 29.2 Å². The van der Waals surface area contributed by atoms with Crippen molar-refractivity contribution in [2.45, 2.75) is 6.10 Å². The number of methoxy groups -OCH3 is 1. The highest BCUT2D eigenvalue weighted by molar-refractivity contribution is 7.80. The van der Waals surface area contributed by atoms with Crippen molar-refractivity contribution in [2.24, 2.45) is 0 Å². The summed E-state index contributed by atoms with van der Waals surface area (Å²) in [5, 5.41) is 3.87. The monoisotopic (exact) mass is 365 g/mol. The van der Waals surface area contributed by atoms with E-state index in [1.54, 1.807) is 0 Å². The molecule has 136 valence electrons. The lowest BCUT2D eigenvalue weighted by Gasteiger charge is -2.35. The van der Waals surface area contributed by atoms with Crippen molar-refractivity contribution in [1.29, 1.82) is 0 Å². The first-order chi connectivity index (χ1) is 12.2. The predicted molar refractivity (Wildman–Crippen MR) is 98.1 cm³/mol. The van der Waals surface area contributed by atoms with Gasteiger partial charge in [-0.1, -0.05) is 12.1 Å². The van der Waals surface area contributed by atoms with Gasteiger partial charge in [0, 0.05) is 26.2 Å². The summed E-state index contributed by atoms with van der Waals surface area (Å²) in [7, 11) is 1.36. The van der Waals surface area contributed by atoms with Crippen LogP contribution in [-0.2, 0) is 14.3 Å². The molecule has 1 aromatic rings. The van der Waals surface area contributed by atoms with Crippen molar-refractivity contribution < 1.29 is 19.0 Å². The third-order valence-electron chi connectivity index (χ3n) is 4.29. The summed E-state index contributed by atoms with van der Waals surface area (Å²) >= 11 is 5.56. The normalized spacial score (nSPS) is 20.4. The van der Waals surface area contributed by atoms with Crippen molar-refractivity contribution in [3.8, 4) is 5.75 Å². The number of thiocarbonyl (C=S) groups is 1. The van der Waals surface area contributed by atoms with Gasteiger partial charge in [0.05, 0.1) is 32.6 Å². The zero-order chi connectivity index (χ0) is 17.6. The molecule has 0 aromatic heterocycles. The molecule has 7 nitrogen and oxygen atoms in total. The van der Waals surface area contributed by atoms with E-state index in [-0.39, 0.29) is 0 Å². The number of hydrogen-bond donors (Lipinski definition) is 1. The van der Waals surface area contributed by atoms with E-state index >= 15 is 0 Å². The minimum Gasteiger partial charge on any atom is -0.475 e. The lowest BCUT2D eigenvalue weighted by atomic mass is 10.2. The summed E-state index contributed by atoms with van der Waals surface area (Å²) in [6, 6.07) is 7.54. The molecule has 8 heteroatoms. The van der Waals surface area contributed by atoms with Crippen LogP contribution in [0.2, 0.25) is 0 Å². The highest BCUT2D eigenvalue weighted by atomic mass is 32.1. The number of para-hydroxylation sites is 2. The average Bonchev–Trinajstić information content (AvgIpc) is 2.67. The highest BCUT2D eigenvalue weighted by Gasteiger charge is 2.33. The Balaban J connectivity index is 1.62. The van der Waals surface area contributed by atoms with Gasteiger partial charge in [-0.25, -0.2) is 4.79 Å². The lowest BCUT2D eigenvalue weighted by Crippen LogP contribution is -2.51. The van der Waals surface area contributed by atoms with Crippen LogP contribution in [0.25, 0.3) is 0 Å². The molecular weight excluding hydrogens is 342 g/mol. The van der Waals surface area contributed by atoms with Gasteiger partial charge in [-0.2, -0.15) is 0 Å². The number of hydrogen-bond acceptors (Lipinski definition) is 6. The molecule has 0 saturated carbocycles. The van der Waals surface area contributed by atoms with E-state index < -0.39 is 12.1 Å². The van der Waals surface area contributed by atoms with Crippen LogP contribution in [0.15, 0.2) is 24.3 Å². The smallest absolute Gasteiger partial charge is 0.348 e. The molecule has 1 aromatic carbocycles. The Morgan fingerprint density at radius 3 is 2.88 bits per heavy atom. The number of carbonyl (C=O) groups excluding carboxylic acids is 1. The van der Waals surface area contributed by atoms with E-state index in [9.17, 15) is 4.79 Å². The van der Waals surface area contributed by atoms with Gasteiger partial charge in [0.25, 0.3) is 0 Å². The molecule has 2 aliphatic rings. The molecule has 25 heavy (non-hydrogen) atoms. The number of benzene rings is 1. The molecule has 0 unspecified atom stereocenters. The quantitative estimate of drug-likeness (QED) is 0.616. The first kappa shape index (κ1) is 17.9. The Bertz CT molecular complexity index is 622. The molecule has 3 rings (SSSR count). The Labute approximate surface area is 152 Å². The summed E-state index contributed by atoms with van der Waals surface area (Å²) in [4.78, 5) is 16.1. The Hall–Kier alpha value is -1.90. The number of fused-ring (bicyclic) bond motifs is 1. The fourth-order valence-electron chi connectivity index (χ4n) is 2.92. The molecule has 0 aliphatic carbocycles. The van der Waals surface area contributed by atoms with Crippen LogP contribution in [0.5, 0.6) is 5.75 Å². The van der Waals surface area contributed by atoms with Crippen LogP contribution >= 0.6 is 12.2 Å². The molecule has 1 fully saturated rings. The number of anilines is 1. The maximum Gasteiger partial charge on any atom is 0.348 e. The maximum atomic E-state index is 11.9. The number of carbonyl (C=O) groups is 1. The summed E-state index contributed by atoms with van der Waals surface area (Å²) in [6.07, 6.45) is -0.695. The van der Waals surface area contributed by atoms with Crippen LogP contribution < -0.4 is 15.0 Å². The minimum atomic E-state index is -0.695. The highest BCUT2D eigenvalue weighted by Crippen LogP contribution is 2.33. The van der Waals surface area contributed by atoms with E-state index in [2.05, 4.69) is 10.2 Å². The molecule has 0 radical (unpaired) electrons. The van der Waals surface area contributed by atoms with Gasteiger partial charge in [-0.05, 0) is 24.4 Å². The van der Waals surface area contributed by atoms with Crippen molar-refractivity contribution in [1.82, 2.24) is 10.2 Å². The zero-order valence-electron chi connectivity index (χ0n) is 14.3. The third kappa shape index (κ3) is 4.39. The van der Waals surface area contributed by atoms with Gasteiger partial charge < -0.3 is 24.4 Å². The van der Waals surface area contributed by atoms with E-state index in [0.29, 0.717) is 17.4 Å². The third-order valence-corrected chi connectivity index (χ3v) is 4.66. The van der Waals surface area contributed by atoms with Crippen molar-refractivity contribution in [3.63, 3.8) is 0 Å². The number of nitrogens with zero attached hydrogens (tertiary/aromatic N) is 2. The van der Waals surface area contributed by atoms with E-state index in [1.165, 1.54) is 7.11 Å². The summed E-state index contributed by atoms with van der Waals surface area (Å²) < 4.78 is 15.9. The summed E-state index contributed by atoms with van der Waals surface area (Å²) in [5.41, 5.74) is 0.853. The predicted octanol–water partition coefficient (Wildman–Crippen LogP) is 0.634. The molecule has 2 aliphatic heterocycles. The summed E-state index contributed by atoms with van der Waals surface area (Å²) in [6.45, 7) is 5.41. The van der Waals surface area contributed by atoms with Gasteiger partial charge in [0.2, 0.25) is 6.10 Å². The van der Waals surface area contributed by atoms with Crippen LogP contribution in [0.4, 0.5) is 5.69 Å². The Morgan fingerprint density at radius 1 is 1.36 bits per heavy atom. The van der Waals surface area contributed by atoms with Gasteiger partial charge in [-0.3, -0.25) is 4.90 Å². The Morgan fingerprint density at radius 2 is 2.12 bits per heavy atom. The maximum absolute atomic E-state index is 11.9. The fraction of sp³-hybridized carbons (Fsp3) is 0.529. The number of esters is 1. The lowest BCUT2D eigenvalue weighted by molar-refractivity contribution is -0.148. The first-order valence-corrected chi connectivity index (χ1v) is 8.79. The van der Waals surface area contributed by atoms with Crippen LogP contribution in [0.3, 0.4) is 0 Å². The fourth-order valence-corrected chi connectivity index (χ4v) is 3.20. The second-order valence-corrected chi connectivity index (χ2v) is 6.28. The summed E-state index contributed by atoms with van der Waals surface area (Å²) in [5.74, 6) is 0.220. The zero-order valence-corrected chi connectivity index (χ0v) is 15.1. The minimum absolute atomic E-state index is 0.326. The second kappa shape index (κ2) is 8.46. The van der Waals surface area contributed by atoms with Crippen molar-refractivity contribution in [3.05, 3.63) is 24.3 Å². The van der Waals surface area contributed by atoms with Crippen molar-refractivity contribution >= 4 is 29.0 Å². The average molecular weight is 365 g/mol. The molecule has 0 bridgehead atoms. The van der Waals surface area contributed by atoms with Crippen LogP contribution in [0, 0.1) is 0 Å². The molecule has 1 atom stereocenters. The largest absolute Gasteiger partial charge is 0.475 e. The van der Waals surface area contributed by atoms with Crippen LogP contribution in [0.1, 0.15) is 0 Å². The molecule has 0 spiro atoms. The Kier molecular flexibility index (Phi) is 6.06. The molecule has 1 N–H and O–H groups in total. The first-order valence-electron chi connectivity index (χ1n) is 8.38. The number of rotatable bonds is 4. The van der Waals surface area contributed by atoms with Gasteiger partial charge in [0.15, 0.2) is 5.11 Å². The SMILES string of the molecule is COC(=O)[C@@H]1CN(C(=S)NCCN2CCOCC2)c2ccccc2O1. The van der Waals surface area contributed by atoms with E-state index in [4.69, 9.17) is 26.4 Å². The van der Waals surface area contributed by atoms with Gasteiger partial charge >= 0.3 is 5.97 Å². The number of morpholine rings is 1. The van der Waals surface area contributed by atoms with Gasteiger partial charge in [0.1, 0.15) is 5.75 Å². The molecule has 1 saturated heterocycles. The number of nitrogens with one attached hydrogen (secondary N) is 1. The van der Waals surface area contributed by atoms with E-state index in [0.717, 1.165) is 45.1 Å². The molecule has 2 heterocycles. The van der Waals surface area contributed by atoms with Gasteiger partial charge in [-0.15, -0.1) is 0 Å². The van der Waals surface area contributed by atoms with Crippen molar-refractivity contribution in [2.75, 3.05) is 57.9 Å². The standard InChI is InChI=1S/C17H23N3O4S/c1-22-16(21)15-12-20(13-4-2-3-5-14(13)24-15)17(25)18-6-7-19-8-10-23-11-9-19/h2-5,15H,6-12H2,1H3,(H,18,25)/t15-/m0/s1. The second-order valence-electron chi connectivity index (χ2n) is 5.89.